The summed E-state index contributed by atoms with van der Waals surface area (Å²) in [7, 11) is 3.37. The lowest BCUT2D eigenvalue weighted by molar-refractivity contribution is -0.132. The number of carboxylic acids is 1. The summed E-state index contributed by atoms with van der Waals surface area (Å²) in [6.07, 6.45) is 36.6. The van der Waals surface area contributed by atoms with E-state index in [0.717, 1.165) is 161 Å². The van der Waals surface area contributed by atoms with Gasteiger partial charge < -0.3 is 48.4 Å². The number of nitrogens with one attached hydrogen (secondary N) is 2. The molecule has 0 atom stereocenters. The van der Waals surface area contributed by atoms with Crippen molar-refractivity contribution in [3.8, 4) is 85.8 Å². The van der Waals surface area contributed by atoms with Gasteiger partial charge in [0.2, 0.25) is 0 Å². The molecule has 0 radical (unpaired) electrons. The second-order valence-electron chi connectivity index (χ2n) is 28.4. The smallest absolute Gasteiger partial charge is 0.346 e. The Hall–Kier alpha value is -11.2. The molecule has 0 saturated carbocycles. The van der Waals surface area contributed by atoms with E-state index < -0.39 is 5.97 Å². The molecule has 5 heterocycles. The van der Waals surface area contributed by atoms with Crippen LogP contribution in [-0.4, -0.2) is 71.7 Å². The van der Waals surface area contributed by atoms with E-state index in [1.54, 1.807) is 32.4 Å². The molecule has 6 aromatic carbocycles. The molecule has 2 aliphatic heterocycles. The van der Waals surface area contributed by atoms with Crippen LogP contribution in [0.25, 0.3) is 85.8 Å². The maximum absolute atomic E-state index is 11.9. The number of carbonyl (C=O) groups is 1. The Labute approximate surface area is 651 Å². The molecule has 0 amide bonds. The van der Waals surface area contributed by atoms with Crippen molar-refractivity contribution in [1.29, 1.82) is 5.26 Å². The predicted octanol–water partition coefficient (Wildman–Crippen LogP) is 25.5. The van der Waals surface area contributed by atoms with Gasteiger partial charge in [-0.3, -0.25) is 0 Å². The van der Waals surface area contributed by atoms with Crippen molar-refractivity contribution in [1.82, 2.24) is 19.9 Å². The number of unbranched alkanes of at least 4 members (excludes halogenated alkanes) is 20. The third-order valence-corrected chi connectivity index (χ3v) is 20.2. The van der Waals surface area contributed by atoms with E-state index in [4.69, 9.17) is 38.4 Å². The van der Waals surface area contributed by atoms with Gasteiger partial charge in [0.25, 0.3) is 0 Å². The Bertz CT molecular complexity index is 4670. The van der Waals surface area contributed by atoms with Crippen LogP contribution in [-0.2, 0) is 4.79 Å². The van der Waals surface area contributed by atoms with Gasteiger partial charge in [0, 0.05) is 55.9 Å². The monoisotopic (exact) mass is 1470 g/mol. The molecule has 9 aromatic rings. The molecule has 0 unspecified atom stereocenters. The normalized spacial score (nSPS) is 11.6. The highest BCUT2D eigenvalue weighted by molar-refractivity contribution is 6.01. The van der Waals surface area contributed by atoms with Gasteiger partial charge in [-0.2, -0.15) is 5.26 Å². The molecule has 14 heteroatoms. The Kier molecular flexibility index (Phi) is 30.4. The Morgan fingerprint density at radius 1 is 0.409 bits per heavy atom. The van der Waals surface area contributed by atoms with Crippen LogP contribution in [0.3, 0.4) is 0 Å². The zero-order valence-electron chi connectivity index (χ0n) is 65.3. The van der Waals surface area contributed by atoms with Crippen molar-refractivity contribution >= 4 is 75.5 Å². The zero-order chi connectivity index (χ0) is 76.7. The number of anilines is 3. The molecule has 14 nitrogen and oxygen atoms in total. The number of H-pyrrole nitrogens is 2. The maximum atomic E-state index is 11.9. The highest BCUT2D eigenvalue weighted by Gasteiger charge is 2.26. The minimum absolute atomic E-state index is 0.363. The number of aromatic amines is 2. The number of hydrogen-bond donors (Lipinski definition) is 3. The zero-order valence-corrected chi connectivity index (χ0v) is 65.3. The van der Waals surface area contributed by atoms with Gasteiger partial charge in [0.1, 0.15) is 46.1 Å². The first-order valence-electron chi connectivity index (χ1n) is 40.2. The van der Waals surface area contributed by atoms with Crippen molar-refractivity contribution in [3.63, 3.8) is 0 Å². The molecule has 8 bridgehead atoms. The number of methoxy groups -OCH3 is 2. The van der Waals surface area contributed by atoms with Crippen molar-refractivity contribution in [2.45, 2.75) is 182 Å². The summed E-state index contributed by atoms with van der Waals surface area (Å²) in [6, 6.07) is 54.7. The van der Waals surface area contributed by atoms with E-state index in [0.29, 0.717) is 88.7 Å². The number of benzene rings is 6. The number of carboxylic acid groups (broad SMARTS) is 1. The van der Waals surface area contributed by atoms with E-state index >= 15 is 0 Å². The van der Waals surface area contributed by atoms with Crippen LogP contribution < -0.4 is 33.3 Å². The van der Waals surface area contributed by atoms with Crippen molar-refractivity contribution in [2.24, 2.45) is 0 Å². The summed E-state index contributed by atoms with van der Waals surface area (Å²) in [5.41, 5.74) is 15.0. The molecule has 0 spiro atoms. The molecule has 0 fully saturated rings. The number of hydrogen-bond acceptors (Lipinski definition) is 11. The standard InChI is InChI=1S/C96H108N6O8/c1-7-11-15-19-23-27-63-107-87-33-31-34-88(108-64-28-24-20-16-12-8-2)94(87)92-83-57-55-79(98-83)78(54-41-69-37-39-70(40-38-69)67-72(68-97)96(103)104)80-56-58-84(99-80)93(95-89(109-65-29-25-21-17-13-9-3)35-32-36-90(95)110-66-30-26-22-18-14-10-4)86-62-60-82(101-86)91(81-59-61-85(92)100-81)71-42-44-73(45-43-71)102(74-46-50-76(105-5)51-47-74)75-48-52-77(106-6)53-49-75/h31-40,42-53,55-62,67,98,101H,7-30,63-66H2,1-6H3,(H,103,104)/b72-67+,79-78?,80-78?,91-81?,91-82?,92-83?,92-85?,93-84?,93-86?. The molecule has 0 aliphatic carbocycles. The predicted molar refractivity (Wildman–Crippen MR) is 452 cm³/mol. The second-order valence-corrected chi connectivity index (χ2v) is 28.4. The average molecular weight is 1470 g/mol. The number of nitriles is 1. The van der Waals surface area contributed by atoms with Gasteiger partial charge >= 0.3 is 5.97 Å². The summed E-state index contributed by atoms with van der Waals surface area (Å²) in [6.45, 7) is 11.1. The molecule has 3 N–H and O–H groups in total. The number of ether oxygens (including phenoxy) is 6. The van der Waals surface area contributed by atoms with Crippen LogP contribution >= 0.6 is 0 Å². The van der Waals surface area contributed by atoms with Crippen molar-refractivity contribution in [3.05, 3.63) is 203 Å². The van der Waals surface area contributed by atoms with Crippen LogP contribution in [0.4, 0.5) is 17.1 Å². The summed E-state index contributed by atoms with van der Waals surface area (Å²) in [5, 5.41) is 19.3. The highest BCUT2D eigenvalue weighted by atomic mass is 16.5. The topological polar surface area (TPSA) is 177 Å². The maximum Gasteiger partial charge on any atom is 0.346 e. The summed E-state index contributed by atoms with van der Waals surface area (Å²) in [5.74, 6) is 10.1. The van der Waals surface area contributed by atoms with E-state index in [-0.39, 0.29) is 5.57 Å². The fourth-order valence-corrected chi connectivity index (χ4v) is 14.2. The average Bonchev–Trinajstić information content (AvgIpc) is 1.58. The fraction of sp³-hybridized carbons (Fsp3) is 0.354. The van der Waals surface area contributed by atoms with Crippen LogP contribution in [0.15, 0.2) is 163 Å². The number of aliphatic carboxylic acids is 1. The number of nitrogens with zero attached hydrogens (tertiary/aromatic N) is 4. The SMILES string of the molecule is CCCCCCCCOc1cccc(OCCCCCCCC)c1-c1c2nc(c(-c3ccc(N(c4ccc(OC)cc4)c4ccc(OC)cc4)cc3)c3ccc([nH]3)c(-c3c(OCCCCCCCC)cccc3OCCCCCCCC)c3nc(c(C#Cc4ccc(/C=C(\C#N)C(=O)O)cc4)c4ccc1[nH]4)C=C3)C=C2. The highest BCUT2D eigenvalue weighted by Crippen LogP contribution is 2.47. The molecule has 3 aromatic heterocycles. The first-order chi connectivity index (χ1) is 54.1. The van der Waals surface area contributed by atoms with E-state index in [1.807, 2.05) is 54.6 Å². The lowest BCUT2D eigenvalue weighted by atomic mass is 10.0. The summed E-state index contributed by atoms with van der Waals surface area (Å²) in [4.78, 5) is 33.6. The van der Waals surface area contributed by atoms with Gasteiger partial charge in [0.15, 0.2) is 0 Å². The van der Waals surface area contributed by atoms with Gasteiger partial charge in [-0.25, -0.2) is 14.8 Å². The van der Waals surface area contributed by atoms with Crippen LogP contribution in [0.1, 0.15) is 221 Å². The number of rotatable bonds is 42. The van der Waals surface area contributed by atoms with Gasteiger partial charge in [-0.15, -0.1) is 0 Å². The lowest BCUT2D eigenvalue weighted by Crippen LogP contribution is -2.09. The molecule has 0 saturated heterocycles. The van der Waals surface area contributed by atoms with Gasteiger partial charge in [0.05, 0.1) is 85.6 Å². The Morgan fingerprint density at radius 3 is 1.16 bits per heavy atom. The van der Waals surface area contributed by atoms with Crippen LogP contribution in [0.5, 0.6) is 34.5 Å². The quantitative estimate of drug-likeness (QED) is 0.0143. The van der Waals surface area contributed by atoms with Crippen molar-refractivity contribution in [2.75, 3.05) is 45.5 Å². The molecular formula is C96H108N6O8. The molecule has 110 heavy (non-hydrogen) atoms. The molecule has 570 valence electrons. The van der Waals surface area contributed by atoms with Crippen LogP contribution in [0.2, 0.25) is 0 Å². The van der Waals surface area contributed by atoms with E-state index in [1.165, 1.54) is 83.1 Å². The van der Waals surface area contributed by atoms with Gasteiger partial charge in [-0.05, 0) is 189 Å². The number of aromatic nitrogens is 4. The third-order valence-electron chi connectivity index (χ3n) is 20.2. The minimum Gasteiger partial charge on any atom is -0.497 e. The molecule has 2 aliphatic rings. The third kappa shape index (κ3) is 21.4. The van der Waals surface area contributed by atoms with Crippen LogP contribution in [0, 0.1) is 23.2 Å². The number of fused-ring (bicyclic) bond motifs is 8. The Morgan fingerprint density at radius 2 is 0.764 bits per heavy atom. The fourth-order valence-electron chi connectivity index (χ4n) is 14.2. The minimum atomic E-state index is -1.29. The second kappa shape index (κ2) is 41.9. The van der Waals surface area contributed by atoms with Gasteiger partial charge in [-0.1, -0.05) is 204 Å². The van der Waals surface area contributed by atoms with E-state index in [9.17, 15) is 15.2 Å². The Balaban J connectivity index is 1.19. The molecular weight excluding hydrogens is 1370 g/mol. The summed E-state index contributed by atoms with van der Waals surface area (Å²) < 4.78 is 39.4. The lowest BCUT2D eigenvalue weighted by Gasteiger charge is -2.26. The van der Waals surface area contributed by atoms with Crippen molar-refractivity contribution < 1.29 is 38.3 Å². The first-order valence-corrected chi connectivity index (χ1v) is 40.2. The first kappa shape index (κ1) is 79.8. The molecule has 11 rings (SSSR count). The largest absolute Gasteiger partial charge is 0.497 e. The summed E-state index contributed by atoms with van der Waals surface area (Å²) >= 11 is 0. The van der Waals surface area contributed by atoms with E-state index in [2.05, 4.69) is 170 Å².